The fourth-order valence-electron chi connectivity index (χ4n) is 5.34. The molecule has 0 radical (unpaired) electrons. The normalized spacial score (nSPS) is 17.7. The Kier molecular flexibility index (Phi) is 8.36. The predicted molar refractivity (Wildman–Crippen MR) is 147 cm³/mol. The van der Waals surface area contributed by atoms with Crippen LogP contribution in [0.3, 0.4) is 0 Å². The molecule has 1 aromatic heterocycles. The second-order valence-corrected chi connectivity index (χ2v) is 11.1. The molecule has 0 unspecified atom stereocenters. The Morgan fingerprint density at radius 2 is 1.81 bits per heavy atom. The van der Waals surface area contributed by atoms with E-state index in [1.807, 2.05) is 24.4 Å². The first-order chi connectivity index (χ1) is 17.6. The van der Waals surface area contributed by atoms with Gasteiger partial charge in [0.25, 0.3) is 0 Å². The summed E-state index contributed by atoms with van der Waals surface area (Å²) in [6.07, 6.45) is 5.99. The number of amides is 1. The number of pyridine rings is 1. The molecule has 2 saturated heterocycles. The van der Waals surface area contributed by atoms with E-state index in [2.05, 4.69) is 69.9 Å². The highest BCUT2D eigenvalue weighted by Crippen LogP contribution is 2.33. The smallest absolute Gasteiger partial charge is 0.227 e. The topological polar surface area (TPSA) is 57.3 Å². The van der Waals surface area contributed by atoms with Crippen LogP contribution in [0.15, 0.2) is 76.8 Å². The summed E-state index contributed by atoms with van der Waals surface area (Å²) in [5.41, 5.74) is 5.03. The molecule has 2 aliphatic heterocycles. The molecular formula is C30H36N4OS. The number of benzene rings is 2. The minimum Gasteiger partial charge on any atom is -0.326 e. The van der Waals surface area contributed by atoms with Crippen molar-refractivity contribution in [1.82, 2.24) is 15.2 Å². The zero-order valence-electron chi connectivity index (χ0n) is 21.1. The van der Waals surface area contributed by atoms with Crippen molar-refractivity contribution in [2.24, 2.45) is 5.92 Å². The molecule has 3 heterocycles. The van der Waals surface area contributed by atoms with Gasteiger partial charge in [-0.1, -0.05) is 36.0 Å². The Balaban J connectivity index is 1.14. The lowest BCUT2D eigenvalue weighted by Gasteiger charge is -2.33. The summed E-state index contributed by atoms with van der Waals surface area (Å²) < 4.78 is 0. The van der Waals surface area contributed by atoms with Gasteiger partial charge in [-0.05, 0) is 118 Å². The molecule has 5 nitrogen and oxygen atoms in total. The van der Waals surface area contributed by atoms with Crippen LogP contribution < -0.4 is 10.6 Å². The van der Waals surface area contributed by atoms with Crippen LogP contribution in [-0.2, 0) is 11.3 Å². The van der Waals surface area contributed by atoms with Gasteiger partial charge in [-0.25, -0.2) is 4.98 Å². The number of anilines is 1. The summed E-state index contributed by atoms with van der Waals surface area (Å²) in [7, 11) is 0. The van der Waals surface area contributed by atoms with E-state index in [4.69, 9.17) is 0 Å². The molecule has 5 rings (SSSR count). The number of aryl methyl sites for hydroxylation is 1. The van der Waals surface area contributed by atoms with Crippen LogP contribution in [0.25, 0.3) is 0 Å². The molecule has 0 atom stereocenters. The van der Waals surface area contributed by atoms with Gasteiger partial charge in [0, 0.05) is 29.2 Å². The minimum absolute atomic E-state index is 0.127. The van der Waals surface area contributed by atoms with Crippen LogP contribution in [-0.4, -0.2) is 42.0 Å². The Hall–Kier alpha value is -2.67. The number of carbonyl (C=O) groups is 1. The number of likely N-dealkylation sites (tertiary alicyclic amines) is 1. The average Bonchev–Trinajstić information content (AvgIpc) is 2.92. The summed E-state index contributed by atoms with van der Waals surface area (Å²) in [5.74, 6) is 0.849. The maximum absolute atomic E-state index is 12.7. The zero-order chi connectivity index (χ0) is 24.7. The van der Waals surface area contributed by atoms with Crippen molar-refractivity contribution >= 4 is 23.4 Å². The molecule has 36 heavy (non-hydrogen) atoms. The van der Waals surface area contributed by atoms with Gasteiger partial charge in [0.2, 0.25) is 5.91 Å². The number of nitrogens with one attached hydrogen (secondary N) is 2. The summed E-state index contributed by atoms with van der Waals surface area (Å²) in [6, 6.07) is 21.4. The van der Waals surface area contributed by atoms with E-state index in [1.54, 1.807) is 11.8 Å². The SMILES string of the molecule is Cc1ccc(NC(=O)C2CCNCC2)cc1C1CCN(Cc2ccc(Sc3ccccn3)cc2)CC1. The van der Waals surface area contributed by atoms with E-state index >= 15 is 0 Å². The van der Waals surface area contributed by atoms with Gasteiger partial charge in [-0.2, -0.15) is 0 Å². The molecule has 2 aliphatic rings. The summed E-state index contributed by atoms with van der Waals surface area (Å²) in [6.45, 7) is 7.26. The first kappa shape index (κ1) is 25.0. The lowest BCUT2D eigenvalue weighted by molar-refractivity contribution is -0.120. The molecule has 2 aromatic carbocycles. The fourth-order valence-corrected chi connectivity index (χ4v) is 6.11. The van der Waals surface area contributed by atoms with Crippen molar-refractivity contribution < 1.29 is 4.79 Å². The molecule has 6 heteroatoms. The van der Waals surface area contributed by atoms with Crippen LogP contribution in [0.4, 0.5) is 5.69 Å². The Bertz CT molecular complexity index is 1140. The van der Waals surface area contributed by atoms with Crippen molar-refractivity contribution in [2.75, 3.05) is 31.5 Å². The Labute approximate surface area is 219 Å². The number of piperidine rings is 2. The second kappa shape index (κ2) is 12.0. The van der Waals surface area contributed by atoms with E-state index in [-0.39, 0.29) is 11.8 Å². The van der Waals surface area contributed by atoms with Gasteiger partial charge in [0.15, 0.2) is 0 Å². The number of nitrogens with zero attached hydrogens (tertiary/aromatic N) is 2. The maximum Gasteiger partial charge on any atom is 0.227 e. The van der Waals surface area contributed by atoms with Crippen molar-refractivity contribution in [3.63, 3.8) is 0 Å². The summed E-state index contributed by atoms with van der Waals surface area (Å²) in [5, 5.41) is 7.56. The Morgan fingerprint density at radius 3 is 2.53 bits per heavy atom. The van der Waals surface area contributed by atoms with Crippen LogP contribution in [0.5, 0.6) is 0 Å². The molecule has 0 aliphatic carbocycles. The standard InChI is InChI=1S/C30H36N4OS/c1-22-5-8-26(33-30(35)25-11-16-31-17-12-25)20-28(22)24-13-18-34(19-14-24)21-23-6-9-27(10-7-23)36-29-4-2-3-15-32-29/h2-10,15,20,24-25,31H,11-14,16-19,21H2,1H3,(H,33,35). The number of hydrogen-bond acceptors (Lipinski definition) is 5. The third kappa shape index (κ3) is 6.55. The lowest BCUT2D eigenvalue weighted by atomic mass is 9.86. The van der Waals surface area contributed by atoms with E-state index in [1.165, 1.54) is 21.6 Å². The third-order valence-corrected chi connectivity index (χ3v) is 8.43. The van der Waals surface area contributed by atoms with Crippen LogP contribution in [0.1, 0.15) is 48.3 Å². The van der Waals surface area contributed by atoms with Gasteiger partial charge in [0.05, 0.1) is 0 Å². The van der Waals surface area contributed by atoms with Crippen molar-refractivity contribution in [3.05, 3.63) is 83.6 Å². The molecule has 3 aromatic rings. The number of aromatic nitrogens is 1. The first-order valence-corrected chi connectivity index (χ1v) is 14.0. The van der Waals surface area contributed by atoms with Gasteiger partial charge >= 0.3 is 0 Å². The highest BCUT2D eigenvalue weighted by Gasteiger charge is 2.24. The largest absolute Gasteiger partial charge is 0.326 e. The predicted octanol–water partition coefficient (Wildman–Crippen LogP) is 5.86. The maximum atomic E-state index is 12.7. The van der Waals surface area contributed by atoms with Crippen molar-refractivity contribution in [3.8, 4) is 0 Å². The molecule has 2 fully saturated rings. The lowest BCUT2D eigenvalue weighted by Crippen LogP contribution is -2.34. The van der Waals surface area contributed by atoms with Gasteiger partial charge in [-0.15, -0.1) is 0 Å². The van der Waals surface area contributed by atoms with E-state index in [0.29, 0.717) is 5.92 Å². The van der Waals surface area contributed by atoms with Crippen molar-refractivity contribution in [2.45, 2.75) is 55.0 Å². The van der Waals surface area contributed by atoms with Crippen LogP contribution >= 0.6 is 11.8 Å². The highest BCUT2D eigenvalue weighted by molar-refractivity contribution is 7.99. The zero-order valence-corrected chi connectivity index (χ0v) is 21.9. The number of hydrogen-bond donors (Lipinski definition) is 2. The van der Waals surface area contributed by atoms with E-state index in [9.17, 15) is 4.79 Å². The fraction of sp³-hybridized carbons (Fsp3) is 0.400. The molecule has 0 bridgehead atoms. The molecule has 0 saturated carbocycles. The highest BCUT2D eigenvalue weighted by atomic mass is 32.2. The molecule has 2 N–H and O–H groups in total. The minimum atomic E-state index is 0.127. The van der Waals surface area contributed by atoms with Crippen molar-refractivity contribution in [1.29, 1.82) is 0 Å². The second-order valence-electron chi connectivity index (χ2n) is 10.0. The van der Waals surface area contributed by atoms with Gasteiger partial charge in [-0.3, -0.25) is 9.69 Å². The average molecular weight is 501 g/mol. The van der Waals surface area contributed by atoms with Crippen LogP contribution in [0, 0.1) is 12.8 Å². The van der Waals surface area contributed by atoms with E-state index < -0.39 is 0 Å². The van der Waals surface area contributed by atoms with Gasteiger partial charge < -0.3 is 10.6 Å². The number of carbonyl (C=O) groups excluding carboxylic acids is 1. The molecule has 188 valence electrons. The first-order valence-electron chi connectivity index (χ1n) is 13.2. The monoisotopic (exact) mass is 500 g/mol. The van der Waals surface area contributed by atoms with E-state index in [0.717, 1.165) is 69.1 Å². The third-order valence-electron chi connectivity index (χ3n) is 7.47. The van der Waals surface area contributed by atoms with Gasteiger partial charge in [0.1, 0.15) is 5.03 Å². The Morgan fingerprint density at radius 1 is 1.03 bits per heavy atom. The quantitative estimate of drug-likeness (QED) is 0.426. The molecular weight excluding hydrogens is 464 g/mol. The summed E-state index contributed by atoms with van der Waals surface area (Å²) in [4.78, 5) is 20.9. The molecule has 0 spiro atoms. The number of rotatable bonds is 7. The molecule has 1 amide bonds. The summed E-state index contributed by atoms with van der Waals surface area (Å²) >= 11 is 1.70. The van der Waals surface area contributed by atoms with Crippen LogP contribution in [0.2, 0.25) is 0 Å².